The molecule has 3 N–H and O–H groups in total. The van der Waals surface area contributed by atoms with Crippen LogP contribution in [-0.4, -0.2) is 66.4 Å². The van der Waals surface area contributed by atoms with Gasteiger partial charge in [0.2, 0.25) is 11.8 Å². The van der Waals surface area contributed by atoms with Crippen LogP contribution in [0.5, 0.6) is 0 Å². The molecular formula is C35H52N4O2. The number of likely N-dealkylation sites (tertiary alicyclic amines) is 1. The molecule has 41 heavy (non-hydrogen) atoms. The molecule has 0 aromatic heterocycles. The summed E-state index contributed by atoms with van der Waals surface area (Å²) in [5, 5.41) is 3.19. The van der Waals surface area contributed by atoms with Crippen molar-refractivity contribution in [2.24, 2.45) is 17.6 Å². The molecule has 0 spiro atoms. The fraction of sp³-hybridized carbons (Fsp3) is 0.600. The maximum Gasteiger partial charge on any atom is 0.238 e. The van der Waals surface area contributed by atoms with Crippen molar-refractivity contribution in [3.05, 3.63) is 71.8 Å². The maximum atomic E-state index is 14.4. The Morgan fingerprint density at radius 3 is 2.15 bits per heavy atom. The number of carbonyl (C=O) groups is 2. The van der Waals surface area contributed by atoms with Gasteiger partial charge in [-0.25, -0.2) is 0 Å². The van der Waals surface area contributed by atoms with Crippen molar-refractivity contribution in [2.75, 3.05) is 33.2 Å². The van der Waals surface area contributed by atoms with Crippen molar-refractivity contribution in [1.29, 1.82) is 0 Å². The number of hydrogen-bond acceptors (Lipinski definition) is 4. The first kappa shape index (κ1) is 31.2. The molecule has 6 heteroatoms. The molecule has 1 saturated carbocycles. The second kappa shape index (κ2) is 15.5. The maximum absolute atomic E-state index is 14.4. The van der Waals surface area contributed by atoms with Crippen LogP contribution >= 0.6 is 0 Å². The third-order valence-corrected chi connectivity index (χ3v) is 9.76. The predicted octanol–water partition coefficient (Wildman–Crippen LogP) is 5.20. The first-order valence-corrected chi connectivity index (χ1v) is 16.0. The molecule has 1 heterocycles. The average Bonchev–Trinajstić information content (AvgIpc) is 3.47. The highest BCUT2D eigenvalue weighted by Crippen LogP contribution is 2.38. The number of carbonyl (C=O) groups excluding carboxylic acids is 2. The number of nitrogens with zero attached hydrogens (tertiary/aromatic N) is 2. The average molecular weight is 561 g/mol. The predicted molar refractivity (Wildman–Crippen MR) is 167 cm³/mol. The number of likely N-dealkylation sites (N-methyl/N-ethyl adjacent to an activating group) is 1. The Labute approximate surface area is 248 Å². The van der Waals surface area contributed by atoms with Gasteiger partial charge in [0.15, 0.2) is 0 Å². The fourth-order valence-electron chi connectivity index (χ4n) is 7.15. The summed E-state index contributed by atoms with van der Waals surface area (Å²) in [7, 11) is 1.77. The molecule has 2 aromatic carbocycles. The van der Waals surface area contributed by atoms with Gasteiger partial charge in [0.05, 0.1) is 5.92 Å². The first-order valence-electron chi connectivity index (χ1n) is 16.0. The summed E-state index contributed by atoms with van der Waals surface area (Å²) in [5.41, 5.74) is 7.67. The Kier molecular flexibility index (Phi) is 11.8. The lowest BCUT2D eigenvalue weighted by Crippen LogP contribution is -2.63. The van der Waals surface area contributed by atoms with Crippen LogP contribution in [0.25, 0.3) is 0 Å². The van der Waals surface area contributed by atoms with E-state index in [0.29, 0.717) is 0 Å². The van der Waals surface area contributed by atoms with Crippen molar-refractivity contribution in [3.8, 4) is 0 Å². The van der Waals surface area contributed by atoms with E-state index >= 15 is 0 Å². The summed E-state index contributed by atoms with van der Waals surface area (Å²) in [4.78, 5) is 31.9. The zero-order valence-corrected chi connectivity index (χ0v) is 25.4. The molecule has 2 aromatic rings. The van der Waals surface area contributed by atoms with Gasteiger partial charge in [0, 0.05) is 25.7 Å². The molecule has 4 rings (SSSR count). The van der Waals surface area contributed by atoms with E-state index in [9.17, 15) is 9.59 Å². The molecule has 3 atom stereocenters. The summed E-state index contributed by atoms with van der Waals surface area (Å²) < 4.78 is 0. The van der Waals surface area contributed by atoms with Crippen LogP contribution in [0.15, 0.2) is 60.7 Å². The van der Waals surface area contributed by atoms with E-state index in [4.69, 9.17) is 5.73 Å². The van der Waals surface area contributed by atoms with E-state index in [1.807, 2.05) is 6.92 Å². The number of primary amides is 1. The quantitative estimate of drug-likeness (QED) is 0.293. The number of nitrogens with two attached hydrogens (primary N) is 1. The summed E-state index contributed by atoms with van der Waals surface area (Å²) in [6, 6.07) is 21.6. The van der Waals surface area contributed by atoms with E-state index in [0.717, 1.165) is 90.4 Å². The summed E-state index contributed by atoms with van der Waals surface area (Å²) >= 11 is 0. The molecule has 1 aliphatic heterocycles. The van der Waals surface area contributed by atoms with Crippen LogP contribution in [0.2, 0.25) is 0 Å². The highest BCUT2D eigenvalue weighted by molar-refractivity contribution is 5.93. The zero-order valence-electron chi connectivity index (χ0n) is 25.4. The molecule has 0 bridgehead atoms. The van der Waals surface area contributed by atoms with Crippen LogP contribution in [-0.2, 0) is 22.4 Å². The molecule has 1 saturated heterocycles. The van der Waals surface area contributed by atoms with Gasteiger partial charge in [-0.3, -0.25) is 9.59 Å². The van der Waals surface area contributed by atoms with Gasteiger partial charge in [0.1, 0.15) is 5.54 Å². The Balaban J connectivity index is 1.46. The first-order chi connectivity index (χ1) is 19.9. The number of hydrogen-bond donors (Lipinski definition) is 2. The van der Waals surface area contributed by atoms with Gasteiger partial charge in [0.25, 0.3) is 0 Å². The number of nitrogens with one attached hydrogen (secondary N) is 1. The summed E-state index contributed by atoms with van der Waals surface area (Å²) in [6.45, 7) is 5.51. The van der Waals surface area contributed by atoms with Gasteiger partial charge < -0.3 is 20.9 Å². The minimum atomic E-state index is -1.04. The van der Waals surface area contributed by atoms with Crippen LogP contribution in [0.4, 0.5) is 0 Å². The minimum absolute atomic E-state index is 0.127. The normalized spacial score (nSPS) is 20.2. The third kappa shape index (κ3) is 8.42. The van der Waals surface area contributed by atoms with Gasteiger partial charge in [-0.15, -0.1) is 0 Å². The Bertz CT molecular complexity index is 1070. The summed E-state index contributed by atoms with van der Waals surface area (Å²) in [6.07, 6.45) is 11.8. The van der Waals surface area contributed by atoms with Gasteiger partial charge >= 0.3 is 0 Å². The van der Waals surface area contributed by atoms with E-state index < -0.39 is 17.4 Å². The molecule has 224 valence electrons. The molecular weight excluding hydrogens is 508 g/mol. The van der Waals surface area contributed by atoms with Gasteiger partial charge in [-0.1, -0.05) is 79.9 Å². The minimum Gasteiger partial charge on any atom is -0.368 e. The van der Waals surface area contributed by atoms with E-state index in [1.54, 1.807) is 7.05 Å². The Morgan fingerprint density at radius 1 is 0.902 bits per heavy atom. The molecule has 2 fully saturated rings. The van der Waals surface area contributed by atoms with Crippen LogP contribution in [0.1, 0.15) is 75.8 Å². The lowest BCUT2D eigenvalue weighted by Gasteiger charge is -2.43. The SMILES string of the molecule is CNC(C)(C(N)=O)[C@@H](C(=O)N1CCC[C@H]1CN(CCCCc1ccccc1)CCc1ccccc1)C1CCCCC1. The van der Waals surface area contributed by atoms with E-state index in [2.05, 4.69) is 75.8 Å². The number of amides is 2. The standard InChI is InChI=1S/C35H52N4O2/c1-35(37-2,34(36)41)32(30-20-10-5-11-21-30)33(40)39-25-14-22-31(39)27-38(26-23-29-17-8-4-9-18-29)24-13-12-19-28-15-6-3-7-16-28/h3-4,6-9,15-18,30-32,37H,5,10-14,19-27H2,1-2H3,(H2,36,41)/t31-,32+,35?/m0/s1. The third-order valence-electron chi connectivity index (χ3n) is 9.76. The van der Waals surface area contributed by atoms with Crippen LogP contribution in [0, 0.1) is 11.8 Å². The second-order valence-electron chi connectivity index (χ2n) is 12.5. The zero-order chi connectivity index (χ0) is 29.1. The van der Waals surface area contributed by atoms with Crippen LogP contribution in [0.3, 0.4) is 0 Å². The molecule has 1 unspecified atom stereocenters. The number of rotatable bonds is 15. The second-order valence-corrected chi connectivity index (χ2v) is 12.5. The Hall–Kier alpha value is -2.70. The molecule has 2 aliphatic rings. The van der Waals surface area contributed by atoms with Crippen molar-refractivity contribution in [3.63, 3.8) is 0 Å². The fourth-order valence-corrected chi connectivity index (χ4v) is 7.15. The molecule has 0 radical (unpaired) electrons. The molecule has 1 aliphatic carbocycles. The van der Waals surface area contributed by atoms with Gasteiger partial charge in [-0.2, -0.15) is 0 Å². The highest BCUT2D eigenvalue weighted by atomic mass is 16.2. The number of benzene rings is 2. The van der Waals surface area contributed by atoms with Crippen molar-refractivity contribution in [2.45, 2.75) is 89.1 Å². The van der Waals surface area contributed by atoms with E-state index in [1.165, 1.54) is 17.5 Å². The van der Waals surface area contributed by atoms with Gasteiger partial charge in [-0.05, 0) is 88.9 Å². The lowest BCUT2D eigenvalue weighted by molar-refractivity contribution is -0.147. The van der Waals surface area contributed by atoms with Crippen LogP contribution < -0.4 is 11.1 Å². The lowest BCUT2D eigenvalue weighted by atomic mass is 9.69. The Morgan fingerprint density at radius 2 is 1.54 bits per heavy atom. The molecule has 6 nitrogen and oxygen atoms in total. The highest BCUT2D eigenvalue weighted by Gasteiger charge is 2.50. The van der Waals surface area contributed by atoms with Crippen molar-refractivity contribution in [1.82, 2.24) is 15.1 Å². The van der Waals surface area contributed by atoms with Crippen molar-refractivity contribution >= 4 is 11.8 Å². The molecule has 2 amide bonds. The topological polar surface area (TPSA) is 78.7 Å². The summed E-state index contributed by atoms with van der Waals surface area (Å²) in [5.74, 6) is -0.533. The largest absolute Gasteiger partial charge is 0.368 e. The number of unbranched alkanes of at least 4 members (excludes halogenated alkanes) is 1. The number of aryl methyl sites for hydroxylation is 1. The smallest absolute Gasteiger partial charge is 0.238 e. The van der Waals surface area contributed by atoms with E-state index in [-0.39, 0.29) is 17.9 Å². The van der Waals surface area contributed by atoms with Crippen molar-refractivity contribution < 1.29 is 9.59 Å². The monoisotopic (exact) mass is 560 g/mol.